The van der Waals surface area contributed by atoms with Gasteiger partial charge in [0.25, 0.3) is 0 Å². The van der Waals surface area contributed by atoms with E-state index in [0.717, 1.165) is 5.56 Å². The highest BCUT2D eigenvalue weighted by Crippen LogP contribution is 2.17. The van der Waals surface area contributed by atoms with Crippen molar-refractivity contribution in [1.82, 2.24) is 4.31 Å². The molecule has 0 saturated carbocycles. The third-order valence-electron chi connectivity index (χ3n) is 2.16. The molecule has 98 valence electrons. The monoisotopic (exact) mass is 258 g/mol. The summed E-state index contributed by atoms with van der Waals surface area (Å²) in [6, 6.07) is 6.54. The van der Waals surface area contributed by atoms with Crippen LogP contribution in [0, 0.1) is 0 Å². The van der Waals surface area contributed by atoms with Crippen molar-refractivity contribution in [2.24, 2.45) is 5.73 Å². The number of hydrogen-bond acceptors (Lipinski definition) is 3. The van der Waals surface area contributed by atoms with Crippen molar-refractivity contribution in [2.75, 3.05) is 14.1 Å². The minimum atomic E-state index is -3.36. The van der Waals surface area contributed by atoms with Gasteiger partial charge in [-0.2, -0.15) is 0 Å². The molecule has 2 N–H and O–H groups in total. The van der Waals surface area contributed by atoms with E-state index in [2.05, 4.69) is 0 Å². The first-order valence-electron chi connectivity index (χ1n) is 5.64. The summed E-state index contributed by atoms with van der Waals surface area (Å²) in [5.74, 6) is 0. The predicted molar refractivity (Wildman–Crippen MR) is 71.3 cm³/mol. The number of rotatable bonds is 3. The van der Waals surface area contributed by atoms with Crippen molar-refractivity contribution < 1.29 is 8.42 Å². The molecule has 1 rings (SSSR count). The molecule has 17 heavy (non-hydrogen) atoms. The second-order valence-corrected chi connectivity index (χ2v) is 5.80. The highest BCUT2D eigenvalue weighted by Gasteiger charge is 2.17. The van der Waals surface area contributed by atoms with Crippen molar-refractivity contribution in [1.29, 1.82) is 0 Å². The third-order valence-corrected chi connectivity index (χ3v) is 3.97. The topological polar surface area (TPSA) is 63.4 Å². The van der Waals surface area contributed by atoms with Crippen LogP contribution in [-0.4, -0.2) is 26.8 Å². The van der Waals surface area contributed by atoms with Crippen LogP contribution in [0.2, 0.25) is 0 Å². The van der Waals surface area contributed by atoms with E-state index in [4.69, 9.17) is 5.73 Å². The van der Waals surface area contributed by atoms with E-state index in [1.165, 1.54) is 18.4 Å². The fraction of sp³-hybridized carbons (Fsp3) is 0.500. The van der Waals surface area contributed by atoms with Crippen LogP contribution in [0.5, 0.6) is 0 Å². The molecular formula is C12H22N2O2S. The lowest BCUT2D eigenvalue weighted by Crippen LogP contribution is -2.22. The largest absolute Gasteiger partial charge is 0.324 e. The first kappa shape index (κ1) is 16.1. The Morgan fingerprint density at radius 2 is 1.76 bits per heavy atom. The van der Waals surface area contributed by atoms with Gasteiger partial charge in [-0.05, 0) is 24.6 Å². The van der Waals surface area contributed by atoms with Gasteiger partial charge in [0, 0.05) is 20.1 Å². The van der Waals surface area contributed by atoms with E-state index in [9.17, 15) is 8.42 Å². The summed E-state index contributed by atoms with van der Waals surface area (Å²) in [6.45, 7) is 5.82. The highest BCUT2D eigenvalue weighted by molar-refractivity contribution is 7.89. The van der Waals surface area contributed by atoms with Gasteiger partial charge in [-0.15, -0.1) is 0 Å². The molecule has 0 aliphatic heterocycles. The van der Waals surface area contributed by atoms with Crippen molar-refractivity contribution in [3.8, 4) is 0 Å². The fourth-order valence-corrected chi connectivity index (χ4v) is 2.13. The van der Waals surface area contributed by atoms with Crippen molar-refractivity contribution in [2.45, 2.75) is 31.7 Å². The first-order chi connectivity index (χ1) is 7.85. The molecule has 1 atom stereocenters. The van der Waals surface area contributed by atoms with Crippen LogP contribution in [0.15, 0.2) is 29.2 Å². The zero-order chi connectivity index (χ0) is 13.6. The Morgan fingerprint density at radius 3 is 2.18 bits per heavy atom. The smallest absolute Gasteiger partial charge is 0.242 e. The maximum absolute atomic E-state index is 11.8. The van der Waals surface area contributed by atoms with E-state index in [0.29, 0.717) is 0 Å². The molecule has 0 spiro atoms. The summed E-state index contributed by atoms with van der Waals surface area (Å²) in [5, 5.41) is 0. The summed E-state index contributed by atoms with van der Waals surface area (Å²) in [6.07, 6.45) is 0. The average Bonchev–Trinajstić information content (AvgIpc) is 2.31. The minimum absolute atomic E-state index is 0.165. The predicted octanol–water partition coefficient (Wildman–Crippen LogP) is 1.98. The lowest BCUT2D eigenvalue weighted by Gasteiger charge is -2.13. The van der Waals surface area contributed by atoms with Crippen molar-refractivity contribution in [3.63, 3.8) is 0 Å². The van der Waals surface area contributed by atoms with Gasteiger partial charge >= 0.3 is 0 Å². The van der Waals surface area contributed by atoms with Crippen LogP contribution in [-0.2, 0) is 10.0 Å². The van der Waals surface area contributed by atoms with E-state index >= 15 is 0 Å². The van der Waals surface area contributed by atoms with Crippen molar-refractivity contribution in [3.05, 3.63) is 29.8 Å². The number of sulfonamides is 1. The molecule has 0 bridgehead atoms. The molecule has 4 nitrogen and oxygen atoms in total. The molecule has 1 unspecified atom stereocenters. The van der Waals surface area contributed by atoms with Gasteiger partial charge in [0.15, 0.2) is 0 Å². The van der Waals surface area contributed by atoms with Crippen LogP contribution in [0.3, 0.4) is 0 Å². The second-order valence-electron chi connectivity index (χ2n) is 3.65. The summed E-state index contributed by atoms with van der Waals surface area (Å²) < 4.78 is 24.8. The molecule has 1 aromatic rings. The number of hydrogen-bond donors (Lipinski definition) is 1. The Kier molecular flexibility index (Phi) is 6.37. The Labute approximate surface area is 104 Å². The van der Waals surface area contributed by atoms with Crippen LogP contribution in [0.4, 0.5) is 0 Å². The van der Waals surface area contributed by atoms with Gasteiger partial charge in [-0.3, -0.25) is 0 Å². The minimum Gasteiger partial charge on any atom is -0.324 e. The maximum Gasteiger partial charge on any atom is 0.242 e. The highest BCUT2D eigenvalue weighted by atomic mass is 32.2. The Hall–Kier alpha value is -0.910. The second kappa shape index (κ2) is 6.74. The van der Waals surface area contributed by atoms with E-state index in [1.807, 2.05) is 26.8 Å². The molecule has 0 amide bonds. The molecule has 1 aromatic carbocycles. The average molecular weight is 258 g/mol. The summed E-state index contributed by atoms with van der Waals surface area (Å²) in [7, 11) is -0.340. The summed E-state index contributed by atoms with van der Waals surface area (Å²) >= 11 is 0. The van der Waals surface area contributed by atoms with Gasteiger partial charge < -0.3 is 5.73 Å². The van der Waals surface area contributed by atoms with Crippen LogP contribution in [0.1, 0.15) is 32.4 Å². The molecule has 0 saturated heterocycles. The van der Waals surface area contributed by atoms with E-state index in [1.54, 1.807) is 18.2 Å². The van der Waals surface area contributed by atoms with Gasteiger partial charge in [-0.1, -0.05) is 26.0 Å². The normalized spacial score (nSPS) is 12.9. The van der Waals surface area contributed by atoms with Crippen LogP contribution >= 0.6 is 0 Å². The van der Waals surface area contributed by atoms with Crippen molar-refractivity contribution >= 4 is 10.0 Å². The molecule has 0 radical (unpaired) electrons. The summed E-state index contributed by atoms with van der Waals surface area (Å²) in [4.78, 5) is 0.280. The zero-order valence-electron chi connectivity index (χ0n) is 11.1. The standard InChI is InChI=1S/C10H16N2O2S.C2H6/c1-8(11)9-5-4-6-10(7-9)15(13,14)12(2)3;1-2/h4-8H,11H2,1-3H3;1-2H3. The Morgan fingerprint density at radius 1 is 1.24 bits per heavy atom. The van der Waals surface area contributed by atoms with Gasteiger partial charge in [0.2, 0.25) is 10.0 Å². The molecule has 0 aromatic heterocycles. The molecular weight excluding hydrogens is 236 g/mol. The number of benzene rings is 1. The van der Waals surface area contributed by atoms with Gasteiger partial charge in [0.05, 0.1) is 4.90 Å². The van der Waals surface area contributed by atoms with Gasteiger partial charge in [0.1, 0.15) is 0 Å². The van der Waals surface area contributed by atoms with Gasteiger partial charge in [-0.25, -0.2) is 12.7 Å². The first-order valence-corrected chi connectivity index (χ1v) is 7.08. The zero-order valence-corrected chi connectivity index (χ0v) is 12.0. The summed E-state index contributed by atoms with van der Waals surface area (Å²) in [5.41, 5.74) is 6.51. The fourth-order valence-electron chi connectivity index (χ4n) is 1.17. The molecule has 0 heterocycles. The maximum atomic E-state index is 11.8. The third kappa shape index (κ3) is 4.11. The Balaban J connectivity index is 0.00000121. The van der Waals surface area contributed by atoms with E-state index < -0.39 is 10.0 Å². The molecule has 5 heteroatoms. The van der Waals surface area contributed by atoms with Crippen LogP contribution in [0.25, 0.3) is 0 Å². The van der Waals surface area contributed by atoms with E-state index in [-0.39, 0.29) is 10.9 Å². The number of nitrogens with zero attached hydrogens (tertiary/aromatic N) is 1. The quantitative estimate of drug-likeness (QED) is 0.901. The lowest BCUT2D eigenvalue weighted by atomic mass is 10.1. The SMILES string of the molecule is CC.CC(N)c1cccc(S(=O)(=O)N(C)C)c1. The molecule has 0 aliphatic rings. The van der Waals surface area contributed by atoms with Crippen LogP contribution < -0.4 is 5.73 Å². The number of nitrogens with two attached hydrogens (primary N) is 1. The lowest BCUT2D eigenvalue weighted by molar-refractivity contribution is 0.520. The molecule has 0 fully saturated rings. The Bertz CT molecular complexity index is 440. The molecule has 0 aliphatic carbocycles.